The van der Waals surface area contributed by atoms with Crippen LogP contribution in [0.25, 0.3) is 16.7 Å². The van der Waals surface area contributed by atoms with Crippen LogP contribution in [0.15, 0.2) is 83.2 Å². The maximum absolute atomic E-state index is 16.0. The molecular formula is C70H76F3N5O21. The first-order valence-corrected chi connectivity index (χ1v) is 32.3. The lowest BCUT2D eigenvalue weighted by Crippen LogP contribution is -2.50. The summed E-state index contributed by atoms with van der Waals surface area (Å²) in [6, 6.07) is 2.85. The van der Waals surface area contributed by atoms with Crippen LogP contribution in [0, 0.1) is 65.3 Å². The van der Waals surface area contributed by atoms with Crippen LogP contribution < -0.4 is 25.7 Å². The molecule has 29 heteroatoms. The number of aliphatic hydroxyl groups excluding tert-OH is 2. The van der Waals surface area contributed by atoms with Gasteiger partial charge in [-0.2, -0.15) is 0 Å². The van der Waals surface area contributed by atoms with Gasteiger partial charge in [-0.1, -0.05) is 39.0 Å². The molecular weight excluding hydrogens is 1300 g/mol. The highest BCUT2D eigenvalue weighted by Crippen LogP contribution is 2.50. The van der Waals surface area contributed by atoms with E-state index in [0.29, 0.717) is 6.07 Å². The van der Waals surface area contributed by atoms with Gasteiger partial charge >= 0.3 is 23.7 Å². The number of amides is 2. The number of hydrogen-bond acceptors (Lipinski definition) is 22. The first-order valence-electron chi connectivity index (χ1n) is 32.3. The fraction of sp³-hybridized carbons (Fsp3) is 0.486. The fourth-order valence-electron chi connectivity index (χ4n) is 14.1. The van der Waals surface area contributed by atoms with Gasteiger partial charge in [-0.25, -0.2) is 22.9 Å². The van der Waals surface area contributed by atoms with Crippen LogP contribution in [0.3, 0.4) is 0 Å². The van der Waals surface area contributed by atoms with Gasteiger partial charge in [-0.15, -0.1) is 0 Å². The summed E-state index contributed by atoms with van der Waals surface area (Å²) in [4.78, 5) is 129. The second-order valence-electron chi connectivity index (χ2n) is 27.3. The van der Waals surface area contributed by atoms with Crippen molar-refractivity contribution in [2.75, 3.05) is 24.8 Å². The van der Waals surface area contributed by atoms with E-state index < -0.39 is 206 Å². The van der Waals surface area contributed by atoms with Gasteiger partial charge in [0.05, 0.1) is 75.7 Å². The Kier molecular flexibility index (Phi) is 19.5. The molecule has 8 heterocycles. The number of fused-ring (bicyclic) bond motifs is 17. The number of halogens is 3. The summed E-state index contributed by atoms with van der Waals surface area (Å²) < 4.78 is 94.7. The number of hydrogen-bond donors (Lipinski definition) is 6. The van der Waals surface area contributed by atoms with E-state index in [1.807, 2.05) is 0 Å². The van der Waals surface area contributed by atoms with Gasteiger partial charge in [0, 0.05) is 111 Å². The van der Waals surface area contributed by atoms with Gasteiger partial charge in [0.2, 0.25) is 17.1 Å². The minimum Gasteiger partial charge on any atom is -0.507 e. The quantitative estimate of drug-likeness (QED) is 0.0851. The minimum atomic E-state index is -2.23. The molecule has 2 aromatic carbocycles. The van der Waals surface area contributed by atoms with Crippen molar-refractivity contribution < 1.29 is 110 Å². The molecule has 1 saturated carbocycles. The molecule has 26 nitrogen and oxygen atoms in total. The van der Waals surface area contributed by atoms with E-state index in [2.05, 4.69) is 15.6 Å². The maximum atomic E-state index is 16.0. The van der Waals surface area contributed by atoms with E-state index in [9.17, 15) is 68.0 Å². The van der Waals surface area contributed by atoms with Crippen molar-refractivity contribution >= 4 is 63.9 Å². The predicted molar refractivity (Wildman–Crippen MR) is 340 cm³/mol. The average Bonchev–Trinajstić information content (AvgIpc) is 1.60. The number of ether oxygens (including phenoxy) is 8. The summed E-state index contributed by atoms with van der Waals surface area (Å²) in [5.41, 5.74) is -6.24. The Morgan fingerprint density at radius 1 is 0.919 bits per heavy atom. The normalized spacial score (nSPS) is 31.5. The molecule has 0 spiro atoms. The highest BCUT2D eigenvalue weighted by atomic mass is 19.1. The number of phenols is 1. The predicted octanol–water partition coefficient (Wildman–Crippen LogP) is 6.27. The Bertz CT molecular complexity index is 4230. The van der Waals surface area contributed by atoms with Crippen LogP contribution in [0.5, 0.6) is 11.5 Å². The molecule has 5 bridgehead atoms. The molecule has 0 radical (unpaired) electrons. The molecule has 17 atom stereocenters. The third-order valence-electron chi connectivity index (χ3n) is 19.9. The second kappa shape index (κ2) is 27.2. The molecule has 4 aromatic rings. The van der Waals surface area contributed by atoms with Crippen LogP contribution in [-0.2, 0) is 52.3 Å². The van der Waals surface area contributed by atoms with E-state index in [1.54, 1.807) is 25.7 Å². The zero-order valence-electron chi connectivity index (χ0n) is 55.8. The van der Waals surface area contributed by atoms with Gasteiger partial charge in [-0.05, 0) is 65.8 Å². The summed E-state index contributed by atoms with van der Waals surface area (Å²) >= 11 is 0. The van der Waals surface area contributed by atoms with E-state index in [1.165, 1.54) is 72.8 Å². The molecule has 3 saturated heterocycles. The van der Waals surface area contributed by atoms with Crippen LogP contribution >= 0.6 is 0 Å². The summed E-state index contributed by atoms with van der Waals surface area (Å²) in [6.07, 6.45) is -1.20. The number of allylic oxidation sites excluding steroid dienone is 4. The van der Waals surface area contributed by atoms with Gasteiger partial charge in [-0.3, -0.25) is 42.9 Å². The monoisotopic (exact) mass is 1380 g/mol. The molecule has 2 aromatic heterocycles. The Morgan fingerprint density at radius 3 is 2.30 bits per heavy atom. The number of aromatic nitrogens is 2. The zero-order chi connectivity index (χ0) is 71.9. The molecule has 2 amide bonds. The first-order chi connectivity index (χ1) is 46.6. The lowest BCUT2D eigenvalue weighted by atomic mass is 9.77. The summed E-state index contributed by atoms with van der Waals surface area (Å²) in [7, 11) is 0. The van der Waals surface area contributed by atoms with Crippen molar-refractivity contribution in [3.05, 3.63) is 134 Å². The number of nitrogens with zero attached hydrogens (tertiary/aromatic N) is 3. The van der Waals surface area contributed by atoms with Crippen LogP contribution in [0.4, 0.5) is 19.0 Å². The Hall–Kier alpha value is -9.13. The Labute approximate surface area is 564 Å². The summed E-state index contributed by atoms with van der Waals surface area (Å²) in [5, 5.41) is 51.2. The highest BCUT2D eigenvalue weighted by Gasteiger charge is 2.58. The number of aromatic carboxylic acids is 1. The number of carboxylic acid groups (broad SMARTS) is 1. The lowest BCUT2D eigenvalue weighted by Gasteiger charge is -2.41. The van der Waals surface area contributed by atoms with Gasteiger partial charge in [0.25, 0.3) is 11.7 Å². The number of ketones is 3. The topological polar surface area (TPSA) is 354 Å². The zero-order valence-corrected chi connectivity index (χ0v) is 55.8. The van der Waals surface area contributed by atoms with Crippen molar-refractivity contribution in [1.29, 1.82) is 0 Å². The van der Waals surface area contributed by atoms with E-state index >= 15 is 8.78 Å². The number of nitrogens with one attached hydrogen (secondary N) is 2. The van der Waals surface area contributed by atoms with Gasteiger partial charge in [0.15, 0.2) is 29.4 Å². The van der Waals surface area contributed by atoms with Crippen molar-refractivity contribution in [2.24, 2.45) is 40.9 Å². The maximum Gasteiger partial charge on any atom is 0.341 e. The number of phenolic OH excluding ortho intramolecular Hbond substituents is 1. The minimum absolute atomic E-state index is 0.0187. The third-order valence-corrected chi connectivity index (χ3v) is 19.9. The lowest BCUT2D eigenvalue weighted by molar-refractivity contribution is -0.246. The molecule has 528 valence electrons. The number of piperidine rings is 1. The molecule has 12 rings (SSSR count). The summed E-state index contributed by atoms with van der Waals surface area (Å²) in [6.45, 7) is 16.4. The number of aliphatic hydroxyl groups is 2. The SMILES string of the molecule is CC(=O)O[C@H]1[C@H](C)[C@H](O)[C@H](C)[C@@H](O)[C@@H](C(C)OC(=O)C(C)(C)CC(=O)NC2[C@H]3CN(c4nc5c(cc4F)c(=O)c(C(=O)O)cn5-c4ccc(F)cc4F)C[C@@H]23)/C=C/C=C(/C)C(=O)NC2=CC(=O)c3c(c(O)c(C)c4c3C(=O)[C@@](C)(O/C=C/[C@H](O[C@H]3C[C@@H]5OCO[C@@H]5[C@@H](C)O3)[C@H]1C)O4)C2=O. The number of esters is 2. The number of anilines is 1. The van der Waals surface area contributed by atoms with Crippen molar-refractivity contribution in [3.8, 4) is 17.2 Å². The number of pyridine rings is 2. The standard InChI is InChI=1S/C70H76F3N5O21/c1-28-13-12-14-37(33(6)96-68(91)69(9,10)23-49(81)75-54-39-24-77(25-40(39)54)65-43(73)20-38-58(85)41(67(89)90)26-78(64(38)76-65)45-16-15-36(71)19-42(45)72)56(83)30(3)55(82)31(4)60(97-35(8)79)29(2)47(98-50-22-48-62(34(7)95-50)93-27-92-48)17-18-94-70(11)63(87)53-51-46(80)21-44(74-66(28)88)59(86)52(51)57(84)32(5)61(53)99-70/h12-21,26,29-31,33-34,37,39-40,47-48,50,54-56,60,62,82-84H,22-25,27H2,1-11H3,(H,74,88)(H,75,81)(H,89,90)/b14-12+,18-17+,28-13-/t29-,30+,31-,33?,34-,37-,39-,40+,47+,48+,50+,54?,55-,56-,60-,62-,70+/m1/s1. The number of carbonyl (C=O) groups is 8. The van der Waals surface area contributed by atoms with Crippen molar-refractivity contribution in [3.63, 3.8) is 0 Å². The molecule has 8 aliphatic rings. The molecule has 6 aliphatic heterocycles. The van der Waals surface area contributed by atoms with Crippen LogP contribution in [-0.4, -0.2) is 164 Å². The van der Waals surface area contributed by atoms with E-state index in [-0.39, 0.29) is 77.7 Å². The smallest absolute Gasteiger partial charge is 0.341 e. The summed E-state index contributed by atoms with van der Waals surface area (Å²) in [5.74, 6) is -18.9. The Balaban J connectivity index is 0.835. The Morgan fingerprint density at radius 2 is 1.63 bits per heavy atom. The molecule has 2 unspecified atom stereocenters. The van der Waals surface area contributed by atoms with Gasteiger partial charge < -0.3 is 73.9 Å². The van der Waals surface area contributed by atoms with Crippen LogP contribution in [0.1, 0.15) is 129 Å². The van der Waals surface area contributed by atoms with E-state index in [4.69, 9.17) is 37.9 Å². The molecule has 2 aliphatic carbocycles. The average molecular weight is 1380 g/mol. The number of Topliss-reactive ketones (excluding diaryl/α,β-unsaturated/α-hetero) is 2. The van der Waals surface area contributed by atoms with Gasteiger partial charge in [0.1, 0.15) is 53.8 Å². The van der Waals surface area contributed by atoms with Crippen molar-refractivity contribution in [2.45, 2.75) is 156 Å². The molecule has 4 fully saturated rings. The largest absolute Gasteiger partial charge is 0.507 e. The highest BCUT2D eigenvalue weighted by molar-refractivity contribution is 6.31. The molecule has 6 N–H and O–H groups in total. The fourth-order valence-corrected chi connectivity index (χ4v) is 14.1. The number of carbonyl (C=O) groups excluding carboxylic acids is 7. The van der Waals surface area contributed by atoms with Crippen molar-refractivity contribution in [1.82, 2.24) is 20.2 Å². The van der Waals surface area contributed by atoms with Crippen LogP contribution in [0.2, 0.25) is 0 Å². The van der Waals surface area contributed by atoms with E-state index in [0.717, 1.165) is 48.2 Å². The number of carboxylic acids is 1. The third kappa shape index (κ3) is 13.5. The first kappa shape index (κ1) is 71.2. The second-order valence-corrected chi connectivity index (χ2v) is 27.3. The number of rotatable bonds is 12. The number of benzene rings is 2. The number of aromatic hydroxyl groups is 1. The molecule has 99 heavy (non-hydrogen) atoms.